The van der Waals surface area contributed by atoms with E-state index >= 15 is 0 Å². The van der Waals surface area contributed by atoms with Gasteiger partial charge in [0.2, 0.25) is 5.91 Å². The van der Waals surface area contributed by atoms with Gasteiger partial charge in [-0.3, -0.25) is 4.79 Å². The molecule has 1 spiro atoms. The van der Waals surface area contributed by atoms with Gasteiger partial charge in [0.05, 0.1) is 5.56 Å². The summed E-state index contributed by atoms with van der Waals surface area (Å²) in [5.74, 6) is 1.18. The van der Waals surface area contributed by atoms with Gasteiger partial charge in [-0.2, -0.15) is 5.26 Å². The summed E-state index contributed by atoms with van der Waals surface area (Å²) in [5, 5.41) is 9.61. The van der Waals surface area contributed by atoms with Crippen molar-refractivity contribution in [2.24, 2.45) is 5.41 Å². The van der Waals surface area contributed by atoms with Gasteiger partial charge in [0.15, 0.2) is 0 Å². The third kappa shape index (κ3) is 2.99. The molecule has 1 aliphatic carbocycles. The maximum atomic E-state index is 12.3. The minimum Gasteiger partial charge on any atom is -0.355 e. The van der Waals surface area contributed by atoms with E-state index in [0.29, 0.717) is 23.9 Å². The summed E-state index contributed by atoms with van der Waals surface area (Å²) in [5.41, 5.74) is 2.84. The molecule has 5 heteroatoms. The highest BCUT2D eigenvalue weighted by molar-refractivity contribution is 5.78. The van der Waals surface area contributed by atoms with Gasteiger partial charge >= 0.3 is 0 Å². The molecule has 2 saturated heterocycles. The van der Waals surface area contributed by atoms with Crippen molar-refractivity contribution in [3.8, 4) is 6.07 Å². The predicted molar refractivity (Wildman–Crippen MR) is 96.3 cm³/mol. The van der Waals surface area contributed by atoms with E-state index < -0.39 is 0 Å². The number of hydrogen-bond donors (Lipinski definition) is 0. The fourth-order valence-electron chi connectivity index (χ4n) is 4.67. The first-order valence-corrected chi connectivity index (χ1v) is 9.44. The summed E-state index contributed by atoms with van der Waals surface area (Å²) in [4.78, 5) is 21.5. The minimum absolute atomic E-state index is 0.167. The number of hydrogen-bond acceptors (Lipinski definition) is 4. The number of carbonyl (C=O) groups is 1. The molecule has 1 saturated carbocycles. The number of likely N-dealkylation sites (tertiary alicyclic amines) is 1. The molecule has 0 bridgehead atoms. The van der Waals surface area contributed by atoms with Crippen molar-refractivity contribution in [1.82, 2.24) is 9.88 Å². The highest BCUT2D eigenvalue weighted by Crippen LogP contribution is 2.43. The van der Waals surface area contributed by atoms with Crippen LogP contribution in [0.2, 0.25) is 0 Å². The monoisotopic (exact) mass is 338 g/mol. The van der Waals surface area contributed by atoms with E-state index in [9.17, 15) is 10.1 Å². The lowest BCUT2D eigenvalue weighted by Crippen LogP contribution is -2.55. The summed E-state index contributed by atoms with van der Waals surface area (Å²) in [6.07, 6.45) is 6.26. The van der Waals surface area contributed by atoms with E-state index in [1.807, 2.05) is 19.9 Å². The number of rotatable bonds is 2. The van der Waals surface area contributed by atoms with Crippen LogP contribution in [0.15, 0.2) is 6.07 Å². The zero-order valence-electron chi connectivity index (χ0n) is 15.2. The number of nitrogens with zero attached hydrogens (tertiary/aromatic N) is 4. The van der Waals surface area contributed by atoms with E-state index in [0.717, 1.165) is 49.6 Å². The lowest BCUT2D eigenvalue weighted by molar-refractivity contribution is -0.138. The maximum Gasteiger partial charge on any atom is 0.222 e. The van der Waals surface area contributed by atoms with Gasteiger partial charge in [-0.25, -0.2) is 4.98 Å². The second-order valence-electron chi connectivity index (χ2n) is 8.17. The average molecular weight is 338 g/mol. The van der Waals surface area contributed by atoms with Crippen LogP contribution in [-0.4, -0.2) is 41.5 Å². The Morgan fingerprint density at radius 1 is 1.28 bits per heavy atom. The largest absolute Gasteiger partial charge is 0.355 e. The number of amides is 1. The number of aromatic nitrogens is 1. The van der Waals surface area contributed by atoms with E-state index in [1.54, 1.807) is 0 Å². The molecule has 0 radical (unpaired) electrons. The summed E-state index contributed by atoms with van der Waals surface area (Å²) in [7, 11) is 0. The van der Waals surface area contributed by atoms with E-state index in [-0.39, 0.29) is 5.41 Å². The molecule has 3 aliphatic rings. The molecule has 3 heterocycles. The van der Waals surface area contributed by atoms with Crippen molar-refractivity contribution in [2.75, 3.05) is 24.5 Å². The molecule has 0 N–H and O–H groups in total. The molecule has 25 heavy (non-hydrogen) atoms. The van der Waals surface area contributed by atoms with E-state index in [2.05, 4.69) is 15.9 Å². The Balaban J connectivity index is 1.61. The minimum atomic E-state index is 0.167. The average Bonchev–Trinajstić information content (AvgIpc) is 3.42. The number of piperidine rings is 2. The molecule has 5 nitrogen and oxygen atoms in total. The fraction of sp³-hybridized carbons (Fsp3) is 0.650. The smallest absolute Gasteiger partial charge is 0.222 e. The summed E-state index contributed by atoms with van der Waals surface area (Å²) >= 11 is 0. The highest BCUT2D eigenvalue weighted by Gasteiger charge is 2.46. The first-order chi connectivity index (χ1) is 12.0. The third-order valence-corrected chi connectivity index (χ3v) is 6.08. The molecule has 0 aromatic carbocycles. The fourth-order valence-corrected chi connectivity index (χ4v) is 4.67. The second kappa shape index (κ2) is 6.01. The summed E-state index contributed by atoms with van der Waals surface area (Å²) in [6, 6.07) is 4.83. The van der Waals surface area contributed by atoms with Crippen LogP contribution in [0.5, 0.6) is 0 Å². The van der Waals surface area contributed by atoms with Crippen LogP contribution in [0, 0.1) is 30.6 Å². The van der Waals surface area contributed by atoms with Crippen molar-refractivity contribution in [3.05, 3.63) is 22.9 Å². The highest BCUT2D eigenvalue weighted by atomic mass is 16.2. The zero-order chi connectivity index (χ0) is 17.6. The Hall–Kier alpha value is -2.09. The molecule has 1 aromatic heterocycles. The van der Waals surface area contributed by atoms with Crippen molar-refractivity contribution in [1.29, 1.82) is 5.26 Å². The van der Waals surface area contributed by atoms with Crippen LogP contribution in [0.25, 0.3) is 0 Å². The van der Waals surface area contributed by atoms with Crippen LogP contribution in [0.4, 0.5) is 5.82 Å². The van der Waals surface area contributed by atoms with Gasteiger partial charge in [-0.1, -0.05) is 0 Å². The Kier molecular flexibility index (Phi) is 3.94. The maximum absolute atomic E-state index is 12.3. The van der Waals surface area contributed by atoms with Crippen LogP contribution in [0.3, 0.4) is 0 Å². The van der Waals surface area contributed by atoms with Gasteiger partial charge < -0.3 is 9.80 Å². The molecule has 2 aliphatic heterocycles. The van der Waals surface area contributed by atoms with E-state index in [4.69, 9.17) is 4.98 Å². The molecule has 132 valence electrons. The van der Waals surface area contributed by atoms with Gasteiger partial charge in [0.1, 0.15) is 11.9 Å². The van der Waals surface area contributed by atoms with Crippen molar-refractivity contribution in [2.45, 2.75) is 58.4 Å². The van der Waals surface area contributed by atoms with Gasteiger partial charge in [0.25, 0.3) is 0 Å². The standard InChI is InChI=1S/C20H26N4O/c1-14-10-15(2)22-19(17(14)11-21)23-9-3-7-20(12-23)8-6-18(25)24(13-20)16-4-5-16/h10,16H,3-9,12-13H2,1-2H3. The third-order valence-electron chi connectivity index (χ3n) is 6.08. The molecule has 4 rings (SSSR count). The van der Waals surface area contributed by atoms with Gasteiger partial charge in [0, 0.05) is 43.2 Å². The molecule has 1 amide bonds. The summed E-state index contributed by atoms with van der Waals surface area (Å²) in [6.45, 7) is 6.73. The number of anilines is 1. The van der Waals surface area contributed by atoms with Crippen molar-refractivity contribution in [3.63, 3.8) is 0 Å². The first-order valence-electron chi connectivity index (χ1n) is 9.44. The lowest BCUT2D eigenvalue weighted by Gasteiger charge is -2.49. The number of pyridine rings is 1. The quantitative estimate of drug-likeness (QED) is 0.832. The Bertz CT molecular complexity index is 749. The SMILES string of the molecule is Cc1cc(C)c(C#N)c(N2CCCC3(CCC(=O)N(C4CC4)C3)C2)n1. The zero-order valence-corrected chi connectivity index (χ0v) is 15.2. The molecular weight excluding hydrogens is 312 g/mol. The van der Waals surface area contributed by atoms with E-state index in [1.165, 1.54) is 19.3 Å². The predicted octanol–water partition coefficient (Wildman–Crippen LogP) is 2.94. The van der Waals surface area contributed by atoms with Crippen molar-refractivity contribution >= 4 is 11.7 Å². The van der Waals surface area contributed by atoms with Crippen LogP contribution in [-0.2, 0) is 4.79 Å². The number of carbonyl (C=O) groups excluding carboxylic acids is 1. The Morgan fingerprint density at radius 2 is 2.08 bits per heavy atom. The van der Waals surface area contributed by atoms with Crippen LogP contribution in [0.1, 0.15) is 55.3 Å². The van der Waals surface area contributed by atoms with Gasteiger partial charge in [-0.15, -0.1) is 0 Å². The second-order valence-corrected chi connectivity index (χ2v) is 8.17. The van der Waals surface area contributed by atoms with Crippen LogP contribution >= 0.6 is 0 Å². The van der Waals surface area contributed by atoms with Crippen LogP contribution < -0.4 is 4.90 Å². The Morgan fingerprint density at radius 3 is 2.80 bits per heavy atom. The molecule has 1 aromatic rings. The number of aryl methyl sites for hydroxylation is 2. The molecule has 1 atom stereocenters. The lowest BCUT2D eigenvalue weighted by atomic mass is 9.73. The first kappa shape index (κ1) is 16.4. The molecule has 3 fully saturated rings. The topological polar surface area (TPSA) is 60.2 Å². The Labute approximate surface area is 149 Å². The normalized spacial score (nSPS) is 26.8. The molecular formula is C20H26N4O. The summed E-state index contributed by atoms with van der Waals surface area (Å²) < 4.78 is 0. The van der Waals surface area contributed by atoms with Gasteiger partial charge in [-0.05, 0) is 57.6 Å². The molecule has 1 unspecified atom stereocenters. The number of nitriles is 1. The van der Waals surface area contributed by atoms with Crippen molar-refractivity contribution < 1.29 is 4.79 Å².